The molecule has 0 aromatic heterocycles. The number of ether oxygens (including phenoxy) is 11. The van der Waals surface area contributed by atoms with Gasteiger partial charge in [-0.15, -0.1) is 0 Å². The lowest BCUT2D eigenvalue weighted by Gasteiger charge is -2.17. The summed E-state index contributed by atoms with van der Waals surface area (Å²) in [6, 6.07) is 17.0. The van der Waals surface area contributed by atoms with Gasteiger partial charge in [0.25, 0.3) is 0 Å². The maximum Gasteiger partial charge on any atom is 0.513 e. The van der Waals surface area contributed by atoms with Gasteiger partial charge >= 0.3 is 42.2 Å². The van der Waals surface area contributed by atoms with Gasteiger partial charge in [-0.05, 0) is 86.3 Å². The molecule has 5 rings (SSSR count). The average Bonchev–Trinajstić information content (AvgIpc) is 3.85. The third kappa shape index (κ3) is 14.0. The Bertz CT molecular complexity index is 2060. The van der Waals surface area contributed by atoms with Crippen LogP contribution in [-0.2, 0) is 47.5 Å². The normalized spacial score (nSPS) is 17.4. The van der Waals surface area contributed by atoms with Gasteiger partial charge in [0.1, 0.15) is 29.5 Å². The molecule has 2 fully saturated rings. The molecule has 3 aromatic carbocycles. The van der Waals surface area contributed by atoms with Crippen molar-refractivity contribution in [2.45, 2.75) is 50.1 Å². The van der Waals surface area contributed by atoms with Crippen LogP contribution >= 0.6 is 0 Å². The number of hydrogen-bond acceptors (Lipinski definition) is 18. The lowest BCUT2D eigenvalue weighted by atomic mass is 10.1. The molecule has 2 aliphatic rings. The van der Waals surface area contributed by atoms with Gasteiger partial charge in [0.05, 0.1) is 56.3 Å². The molecule has 4 atom stereocenters. The molecule has 18 nitrogen and oxygen atoms in total. The van der Waals surface area contributed by atoms with Crippen molar-refractivity contribution < 1.29 is 85.7 Å². The standard InChI is InChI=1S/C43H42O18/c1-3-35(44)51-19-5-7-21-53-42(49)58-30-17-15-27(16-18-30)39(46)57-31-13-9-11-28(23-31)40(47)60-33-25-55-38-34(26-56-37(33)38)61-41(48)29-12-10-14-32(24-29)59-43(50)54-22-8-6-20-52-36(45)4-2/h3-4,9-18,23-24,33-34,37-38H,1-2,5-8,19-22,25-26H2/t33-,34?,37+,38+/m1/s1. The van der Waals surface area contributed by atoms with Crippen molar-refractivity contribution in [1.29, 1.82) is 0 Å². The number of benzene rings is 3. The highest BCUT2D eigenvalue weighted by atomic mass is 16.7. The summed E-state index contributed by atoms with van der Waals surface area (Å²) < 4.78 is 58.4. The van der Waals surface area contributed by atoms with E-state index in [9.17, 15) is 33.6 Å². The van der Waals surface area contributed by atoms with Crippen LogP contribution in [0.2, 0.25) is 0 Å². The van der Waals surface area contributed by atoms with Crippen LogP contribution in [0.4, 0.5) is 9.59 Å². The van der Waals surface area contributed by atoms with Crippen molar-refractivity contribution in [3.63, 3.8) is 0 Å². The molecule has 1 unspecified atom stereocenters. The Morgan fingerprint density at radius 2 is 0.934 bits per heavy atom. The predicted octanol–water partition coefficient (Wildman–Crippen LogP) is 5.50. The van der Waals surface area contributed by atoms with Crippen molar-refractivity contribution in [2.24, 2.45) is 0 Å². The minimum atomic E-state index is -0.985. The maximum atomic E-state index is 13.2. The second-order valence-electron chi connectivity index (χ2n) is 13.0. The summed E-state index contributed by atoms with van der Waals surface area (Å²) in [5, 5.41) is 0. The van der Waals surface area contributed by atoms with E-state index >= 15 is 0 Å². The van der Waals surface area contributed by atoms with E-state index in [1.807, 2.05) is 0 Å². The Hall–Kier alpha value is -7.05. The van der Waals surface area contributed by atoms with E-state index in [4.69, 9.17) is 52.1 Å². The zero-order valence-electron chi connectivity index (χ0n) is 32.7. The van der Waals surface area contributed by atoms with Crippen LogP contribution in [0.15, 0.2) is 98.1 Å². The Morgan fingerprint density at radius 1 is 0.508 bits per heavy atom. The summed E-state index contributed by atoms with van der Waals surface area (Å²) in [6.07, 6.45) is -1.18. The van der Waals surface area contributed by atoms with Crippen molar-refractivity contribution in [3.8, 4) is 17.2 Å². The van der Waals surface area contributed by atoms with Crippen LogP contribution in [-0.4, -0.2) is 106 Å². The maximum absolute atomic E-state index is 13.2. The van der Waals surface area contributed by atoms with Gasteiger partial charge in [-0.3, -0.25) is 0 Å². The summed E-state index contributed by atoms with van der Waals surface area (Å²) in [7, 11) is 0. The van der Waals surface area contributed by atoms with Crippen molar-refractivity contribution >= 4 is 42.2 Å². The molecule has 0 spiro atoms. The summed E-state index contributed by atoms with van der Waals surface area (Å²) >= 11 is 0. The molecule has 0 bridgehead atoms. The number of rotatable bonds is 20. The highest BCUT2D eigenvalue weighted by molar-refractivity contribution is 5.93. The molecule has 3 aromatic rings. The van der Waals surface area contributed by atoms with Gasteiger partial charge in [0.2, 0.25) is 0 Å². The van der Waals surface area contributed by atoms with E-state index in [2.05, 4.69) is 13.2 Å². The van der Waals surface area contributed by atoms with E-state index in [1.165, 1.54) is 72.8 Å². The molecular formula is C43H42O18. The van der Waals surface area contributed by atoms with E-state index in [0.717, 1.165) is 12.2 Å². The molecule has 0 saturated carbocycles. The topological polar surface area (TPSA) is 221 Å². The number of carbonyl (C=O) groups is 7. The number of esters is 5. The molecular weight excluding hydrogens is 804 g/mol. The number of unbranched alkanes of at least 4 members (excludes halogenated alkanes) is 2. The van der Waals surface area contributed by atoms with Gasteiger partial charge < -0.3 is 52.1 Å². The SMILES string of the molecule is C=CC(=O)OCCCCOC(=O)Oc1ccc(C(=O)Oc2cccc(C(=O)O[C@@H]3CO[C@H]4C(OC(=O)c5cccc(OC(=O)OCCCCOC(=O)C=C)c5)CO[C@@H]34)c2)cc1. The summed E-state index contributed by atoms with van der Waals surface area (Å²) in [4.78, 5) is 85.2. The smallest absolute Gasteiger partial charge is 0.463 e. The number of hydrogen-bond donors (Lipinski definition) is 0. The van der Waals surface area contributed by atoms with Crippen LogP contribution in [0, 0.1) is 0 Å². The summed E-state index contributed by atoms with van der Waals surface area (Å²) in [6.45, 7) is 6.91. The van der Waals surface area contributed by atoms with Crippen LogP contribution in [0.25, 0.3) is 0 Å². The number of fused-ring (bicyclic) bond motifs is 1. The first-order valence-electron chi connectivity index (χ1n) is 19.0. The Labute approximate surface area is 349 Å². The van der Waals surface area contributed by atoms with Crippen molar-refractivity contribution in [1.82, 2.24) is 0 Å². The zero-order chi connectivity index (χ0) is 43.6. The lowest BCUT2D eigenvalue weighted by molar-refractivity contribution is -0.138. The first-order valence-corrected chi connectivity index (χ1v) is 19.0. The second-order valence-corrected chi connectivity index (χ2v) is 13.0. The van der Waals surface area contributed by atoms with E-state index in [1.54, 1.807) is 0 Å². The molecule has 2 heterocycles. The molecule has 2 saturated heterocycles. The highest BCUT2D eigenvalue weighted by Gasteiger charge is 2.51. The summed E-state index contributed by atoms with van der Waals surface area (Å²) in [5.41, 5.74) is 0.285. The minimum absolute atomic E-state index is 0.0233. The molecule has 18 heteroatoms. The van der Waals surface area contributed by atoms with E-state index < -0.39 is 66.6 Å². The Kier molecular flexibility index (Phi) is 16.9. The lowest BCUT2D eigenvalue weighted by Crippen LogP contribution is -2.36. The fourth-order valence-corrected chi connectivity index (χ4v) is 5.67. The monoisotopic (exact) mass is 846 g/mol. The minimum Gasteiger partial charge on any atom is -0.463 e. The molecule has 0 amide bonds. The number of carbonyl (C=O) groups excluding carboxylic acids is 7. The van der Waals surface area contributed by atoms with Crippen molar-refractivity contribution in [2.75, 3.05) is 39.6 Å². The second kappa shape index (κ2) is 22.9. The molecule has 322 valence electrons. The van der Waals surface area contributed by atoms with E-state index in [-0.39, 0.29) is 73.6 Å². The van der Waals surface area contributed by atoms with Crippen LogP contribution < -0.4 is 14.2 Å². The average molecular weight is 847 g/mol. The van der Waals surface area contributed by atoms with Crippen molar-refractivity contribution in [3.05, 3.63) is 115 Å². The Balaban J connectivity index is 1.03. The van der Waals surface area contributed by atoms with Crippen LogP contribution in [0.3, 0.4) is 0 Å². The van der Waals surface area contributed by atoms with Gasteiger partial charge in [0, 0.05) is 12.2 Å². The summed E-state index contributed by atoms with van der Waals surface area (Å²) in [5.74, 6) is -3.10. The first-order chi connectivity index (χ1) is 29.5. The van der Waals surface area contributed by atoms with Gasteiger partial charge in [0.15, 0.2) is 12.2 Å². The molecule has 0 radical (unpaired) electrons. The third-order valence-corrected chi connectivity index (χ3v) is 8.66. The zero-order valence-corrected chi connectivity index (χ0v) is 32.7. The van der Waals surface area contributed by atoms with E-state index in [0.29, 0.717) is 25.7 Å². The van der Waals surface area contributed by atoms with Gasteiger partial charge in [-0.25, -0.2) is 33.6 Å². The van der Waals surface area contributed by atoms with Gasteiger partial charge in [-0.2, -0.15) is 0 Å². The first kappa shape index (κ1) is 45.0. The van der Waals surface area contributed by atoms with Crippen LogP contribution in [0.1, 0.15) is 56.8 Å². The van der Waals surface area contributed by atoms with Crippen LogP contribution in [0.5, 0.6) is 17.2 Å². The van der Waals surface area contributed by atoms with Gasteiger partial charge in [-0.1, -0.05) is 25.3 Å². The fourth-order valence-electron chi connectivity index (χ4n) is 5.67. The predicted molar refractivity (Wildman–Crippen MR) is 207 cm³/mol. The largest absolute Gasteiger partial charge is 0.513 e. The fraction of sp³-hybridized carbons (Fsp3) is 0.326. The Morgan fingerprint density at radius 3 is 1.39 bits per heavy atom. The highest BCUT2D eigenvalue weighted by Crippen LogP contribution is 2.32. The molecule has 0 N–H and O–H groups in total. The molecule has 61 heavy (non-hydrogen) atoms. The third-order valence-electron chi connectivity index (χ3n) is 8.66. The molecule has 2 aliphatic heterocycles. The quantitative estimate of drug-likeness (QED) is 0.0342. The molecule has 0 aliphatic carbocycles.